The van der Waals surface area contributed by atoms with Crippen LogP contribution in [0.25, 0.3) is 6.08 Å². The summed E-state index contributed by atoms with van der Waals surface area (Å²) in [6.45, 7) is 1.78. The Labute approximate surface area is 253 Å². The fourth-order valence-electron chi connectivity index (χ4n) is 7.53. The van der Waals surface area contributed by atoms with Gasteiger partial charge in [0.15, 0.2) is 11.5 Å². The van der Waals surface area contributed by atoms with Gasteiger partial charge < -0.3 is 19.3 Å². The Hall–Kier alpha value is -4.93. The molecule has 44 heavy (non-hydrogen) atoms. The third-order valence-electron chi connectivity index (χ3n) is 9.70. The highest BCUT2D eigenvalue weighted by molar-refractivity contribution is 6.24. The number of nitrogens with zero attached hydrogens (tertiary/aromatic N) is 2. The number of ether oxygens (including phenoxy) is 3. The Kier molecular flexibility index (Phi) is 7.06. The number of amides is 5. The predicted octanol–water partition coefficient (Wildman–Crippen LogP) is 3.95. The molecule has 11 nitrogen and oxygen atoms in total. The third-order valence-corrected chi connectivity index (χ3v) is 9.70. The quantitative estimate of drug-likeness (QED) is 0.399. The maximum atomic E-state index is 14.3. The van der Waals surface area contributed by atoms with E-state index in [1.165, 1.54) is 19.1 Å². The van der Waals surface area contributed by atoms with Crippen molar-refractivity contribution in [2.24, 2.45) is 35.0 Å². The lowest BCUT2D eigenvalue weighted by Gasteiger charge is -2.47. The van der Waals surface area contributed by atoms with Crippen molar-refractivity contribution in [3.63, 3.8) is 0 Å². The van der Waals surface area contributed by atoms with Crippen LogP contribution in [0.3, 0.4) is 0 Å². The highest BCUT2D eigenvalue weighted by Crippen LogP contribution is 2.61. The highest BCUT2D eigenvalue weighted by atomic mass is 16.5. The molecule has 2 aromatic rings. The van der Waals surface area contributed by atoms with Crippen LogP contribution in [0.15, 0.2) is 60.2 Å². The second-order valence-corrected chi connectivity index (χ2v) is 11.7. The zero-order valence-electron chi connectivity index (χ0n) is 24.7. The molecule has 1 N–H and O–H groups in total. The number of carbonyl (C=O) groups excluding carboxylic acids is 5. The smallest absolute Gasteiger partial charge is 0.423 e. The molecule has 2 saturated heterocycles. The molecule has 0 radical (unpaired) electrons. The summed E-state index contributed by atoms with van der Waals surface area (Å²) < 4.78 is 15.3. The summed E-state index contributed by atoms with van der Waals surface area (Å²) in [5.74, 6) is -5.44. The van der Waals surface area contributed by atoms with Crippen LogP contribution in [0, 0.1) is 35.0 Å². The number of allylic oxidation sites excluding steroid dienone is 3. The first-order valence-electron chi connectivity index (χ1n) is 14.3. The Morgan fingerprint density at radius 2 is 1.61 bits per heavy atom. The number of imide groups is 4. The SMILES string of the molecule is COC(=O)N1C(=O)[C@H]2[C@H](CC=C3[C@H]2C[C@H]2C(=O)N(c4ccccc4)C(=O)[C@@]2(C)[C@H]3C=Cc2cc(OC)c(O)c(OC)c2)C1=O. The normalized spacial score (nSPS) is 29.4. The van der Waals surface area contributed by atoms with Gasteiger partial charge in [-0.15, -0.1) is 0 Å². The monoisotopic (exact) mass is 600 g/mol. The number of rotatable bonds is 5. The van der Waals surface area contributed by atoms with Crippen molar-refractivity contribution < 1.29 is 43.3 Å². The number of hydrogen-bond donors (Lipinski definition) is 1. The largest absolute Gasteiger partial charge is 0.502 e. The summed E-state index contributed by atoms with van der Waals surface area (Å²) in [5, 5.41) is 10.4. The van der Waals surface area contributed by atoms with E-state index in [9.17, 15) is 29.1 Å². The van der Waals surface area contributed by atoms with E-state index >= 15 is 0 Å². The van der Waals surface area contributed by atoms with Crippen LogP contribution in [-0.4, -0.2) is 61.1 Å². The Balaban J connectivity index is 1.48. The Bertz CT molecular complexity index is 1620. The van der Waals surface area contributed by atoms with E-state index in [-0.39, 0.29) is 41.9 Å². The Morgan fingerprint density at radius 1 is 0.955 bits per heavy atom. The molecule has 2 aliphatic carbocycles. The summed E-state index contributed by atoms with van der Waals surface area (Å²) >= 11 is 0. The molecule has 4 aliphatic rings. The highest BCUT2D eigenvalue weighted by Gasteiger charge is 2.67. The van der Waals surface area contributed by atoms with Gasteiger partial charge in [0, 0.05) is 5.92 Å². The van der Waals surface area contributed by atoms with Crippen LogP contribution in [-0.2, 0) is 23.9 Å². The molecule has 11 heteroatoms. The van der Waals surface area contributed by atoms with E-state index in [0.29, 0.717) is 16.2 Å². The molecule has 6 atom stereocenters. The standard InChI is InChI=1S/C33H32N2O9/c1-33-22(13-10-17-14-24(42-2)27(36)25(15-17)43-3)19-11-12-20-26(30(39)35(28(20)37)32(41)44-4)21(19)16-23(33)29(38)34(31(33)40)18-8-6-5-7-9-18/h5-11,13-15,20-23,26,36H,12,16H2,1-4H3/t20-,21+,22-,23-,26-,33-/m0/s1. The predicted molar refractivity (Wildman–Crippen MR) is 156 cm³/mol. The van der Waals surface area contributed by atoms with E-state index < -0.39 is 52.9 Å². The van der Waals surface area contributed by atoms with Gasteiger partial charge in [-0.05, 0) is 55.5 Å². The van der Waals surface area contributed by atoms with Crippen LogP contribution < -0.4 is 14.4 Å². The number of para-hydroxylation sites is 1. The lowest BCUT2D eigenvalue weighted by Crippen LogP contribution is -2.49. The van der Waals surface area contributed by atoms with E-state index in [1.807, 2.05) is 12.2 Å². The van der Waals surface area contributed by atoms with Crippen molar-refractivity contribution in [1.29, 1.82) is 0 Å². The van der Waals surface area contributed by atoms with Gasteiger partial charge in [0.1, 0.15) is 0 Å². The van der Waals surface area contributed by atoms with Crippen LogP contribution in [0.4, 0.5) is 10.5 Å². The van der Waals surface area contributed by atoms with Gasteiger partial charge in [0.2, 0.25) is 29.4 Å². The van der Waals surface area contributed by atoms with E-state index in [1.54, 1.807) is 55.5 Å². The molecule has 6 rings (SSSR count). The fourth-order valence-corrected chi connectivity index (χ4v) is 7.53. The van der Waals surface area contributed by atoms with Gasteiger partial charge in [-0.2, -0.15) is 4.90 Å². The number of likely N-dealkylation sites (tertiary alicyclic amines) is 1. The number of anilines is 1. The van der Waals surface area contributed by atoms with Gasteiger partial charge in [-0.1, -0.05) is 42.0 Å². The van der Waals surface area contributed by atoms with Gasteiger partial charge in [0.05, 0.1) is 50.2 Å². The minimum absolute atomic E-state index is 0.160. The lowest BCUT2D eigenvalue weighted by molar-refractivity contribution is -0.138. The van der Waals surface area contributed by atoms with Gasteiger partial charge >= 0.3 is 6.09 Å². The minimum Gasteiger partial charge on any atom is -0.502 e. The van der Waals surface area contributed by atoms with E-state index in [0.717, 1.165) is 12.7 Å². The number of aromatic hydroxyl groups is 1. The summed E-state index contributed by atoms with van der Waals surface area (Å²) in [4.78, 5) is 69.4. The second-order valence-electron chi connectivity index (χ2n) is 11.7. The van der Waals surface area contributed by atoms with E-state index in [2.05, 4.69) is 0 Å². The second kappa shape index (κ2) is 10.7. The molecule has 2 heterocycles. The summed E-state index contributed by atoms with van der Waals surface area (Å²) in [5.41, 5.74) is 0.612. The molecular weight excluding hydrogens is 568 g/mol. The molecule has 3 fully saturated rings. The summed E-state index contributed by atoms with van der Waals surface area (Å²) in [7, 11) is 3.94. The number of carbonyl (C=O) groups is 5. The lowest BCUT2D eigenvalue weighted by atomic mass is 9.52. The Morgan fingerprint density at radius 3 is 2.23 bits per heavy atom. The molecule has 228 valence electrons. The number of fused-ring (bicyclic) bond motifs is 4. The molecule has 0 unspecified atom stereocenters. The maximum Gasteiger partial charge on any atom is 0.423 e. The maximum absolute atomic E-state index is 14.3. The first-order chi connectivity index (χ1) is 21.1. The molecule has 0 spiro atoms. The molecular formula is C33H32N2O9. The molecule has 0 aromatic heterocycles. The van der Waals surface area contributed by atoms with Crippen molar-refractivity contribution in [3.05, 3.63) is 65.8 Å². The average molecular weight is 601 g/mol. The average Bonchev–Trinajstić information content (AvgIpc) is 3.40. The van der Waals surface area contributed by atoms with Crippen LogP contribution >= 0.6 is 0 Å². The number of benzene rings is 2. The number of methoxy groups -OCH3 is 3. The first-order valence-corrected chi connectivity index (χ1v) is 14.3. The summed E-state index contributed by atoms with van der Waals surface area (Å²) in [6.07, 6.45) is 4.80. The third kappa shape index (κ3) is 4.05. The summed E-state index contributed by atoms with van der Waals surface area (Å²) in [6, 6.07) is 11.9. The fraction of sp³-hybridized carbons (Fsp3) is 0.364. The van der Waals surface area contributed by atoms with Crippen LogP contribution in [0.5, 0.6) is 17.2 Å². The molecule has 2 aromatic carbocycles. The number of phenolic OH excluding ortho intramolecular Hbond substituents is 1. The van der Waals surface area contributed by atoms with Crippen LogP contribution in [0.1, 0.15) is 25.3 Å². The van der Waals surface area contributed by atoms with Crippen molar-refractivity contribution in [2.45, 2.75) is 19.8 Å². The van der Waals surface area contributed by atoms with Gasteiger partial charge in [-0.25, -0.2) is 9.69 Å². The number of hydrogen-bond acceptors (Lipinski definition) is 9. The first kappa shape index (κ1) is 29.2. The zero-order valence-corrected chi connectivity index (χ0v) is 24.7. The van der Waals surface area contributed by atoms with Crippen molar-refractivity contribution in [2.75, 3.05) is 26.2 Å². The molecule has 5 amide bonds. The number of phenols is 1. The van der Waals surface area contributed by atoms with Crippen molar-refractivity contribution >= 4 is 41.5 Å². The van der Waals surface area contributed by atoms with Crippen molar-refractivity contribution in [1.82, 2.24) is 4.90 Å². The topological polar surface area (TPSA) is 140 Å². The molecule has 2 aliphatic heterocycles. The zero-order chi connectivity index (χ0) is 31.5. The minimum atomic E-state index is -1.21. The van der Waals surface area contributed by atoms with Gasteiger partial charge in [0.25, 0.3) is 0 Å². The molecule has 1 saturated carbocycles. The van der Waals surface area contributed by atoms with E-state index in [4.69, 9.17) is 14.2 Å². The van der Waals surface area contributed by atoms with Gasteiger partial charge in [-0.3, -0.25) is 19.2 Å². The van der Waals surface area contributed by atoms with Crippen molar-refractivity contribution in [3.8, 4) is 17.2 Å². The van der Waals surface area contributed by atoms with Crippen LogP contribution in [0.2, 0.25) is 0 Å². The molecule has 0 bridgehead atoms.